The Kier molecular flexibility index (Phi) is 7.48. The van der Waals surface area contributed by atoms with Crippen molar-refractivity contribution in [3.63, 3.8) is 0 Å². The quantitative estimate of drug-likeness (QED) is 0.435. The van der Waals surface area contributed by atoms with E-state index in [0.717, 1.165) is 68.9 Å². The summed E-state index contributed by atoms with van der Waals surface area (Å²) in [7, 11) is 0. The highest BCUT2D eigenvalue weighted by Gasteiger charge is 2.27. The van der Waals surface area contributed by atoms with Gasteiger partial charge in [-0.3, -0.25) is 0 Å². The minimum Gasteiger partial charge on any atom is -0.490 e. The molecule has 0 spiro atoms. The van der Waals surface area contributed by atoms with Gasteiger partial charge in [-0.05, 0) is 97.4 Å². The lowest BCUT2D eigenvalue weighted by Crippen LogP contribution is -2.20. The van der Waals surface area contributed by atoms with Gasteiger partial charge in [0.2, 0.25) is 5.82 Å². The summed E-state index contributed by atoms with van der Waals surface area (Å²) in [6, 6.07) is 8.92. The highest BCUT2D eigenvalue weighted by molar-refractivity contribution is 5.33. The summed E-state index contributed by atoms with van der Waals surface area (Å²) in [5.41, 5.74) is 2.33. The van der Waals surface area contributed by atoms with Gasteiger partial charge in [-0.2, -0.15) is 4.39 Å². The third-order valence-corrected chi connectivity index (χ3v) is 7.77. The molecule has 2 aliphatic carbocycles. The first-order valence-corrected chi connectivity index (χ1v) is 12.3. The number of rotatable bonds is 6. The first kappa shape index (κ1) is 23.2. The topological polar surface area (TPSA) is 9.23 Å². The zero-order chi connectivity index (χ0) is 22.7. The van der Waals surface area contributed by atoms with Gasteiger partial charge in [0.15, 0.2) is 11.6 Å². The molecule has 0 saturated heterocycles. The van der Waals surface area contributed by atoms with E-state index in [-0.39, 0.29) is 29.3 Å². The molecule has 0 aromatic heterocycles. The van der Waals surface area contributed by atoms with Gasteiger partial charge in [-0.1, -0.05) is 44.9 Å². The maximum atomic E-state index is 14.7. The Labute approximate surface area is 190 Å². The summed E-state index contributed by atoms with van der Waals surface area (Å²) in [4.78, 5) is 0. The fourth-order valence-corrected chi connectivity index (χ4v) is 5.51. The van der Waals surface area contributed by atoms with Crippen molar-refractivity contribution in [3.8, 4) is 5.75 Å². The molecule has 2 saturated carbocycles. The van der Waals surface area contributed by atoms with E-state index in [1.807, 2.05) is 19.1 Å². The summed E-state index contributed by atoms with van der Waals surface area (Å²) >= 11 is 0. The molecule has 0 amide bonds. The summed E-state index contributed by atoms with van der Waals surface area (Å²) in [5.74, 6) is -0.395. The molecular weight excluding hydrogens is 409 g/mol. The molecule has 4 rings (SSSR count). The van der Waals surface area contributed by atoms with Gasteiger partial charge in [0.25, 0.3) is 0 Å². The van der Waals surface area contributed by atoms with Crippen molar-refractivity contribution in [3.05, 3.63) is 64.5 Å². The van der Waals surface area contributed by atoms with Gasteiger partial charge < -0.3 is 4.74 Å². The summed E-state index contributed by atoms with van der Waals surface area (Å²) in [5, 5.41) is 0. The van der Waals surface area contributed by atoms with Crippen LogP contribution in [-0.2, 0) is 6.42 Å². The van der Waals surface area contributed by atoms with E-state index in [4.69, 9.17) is 4.74 Å². The molecule has 174 valence electrons. The number of aryl methyl sites for hydroxylation is 1. The van der Waals surface area contributed by atoms with Crippen molar-refractivity contribution in [1.82, 2.24) is 0 Å². The number of hydrogen-bond donors (Lipinski definition) is 0. The van der Waals surface area contributed by atoms with Gasteiger partial charge >= 0.3 is 0 Å². The molecule has 32 heavy (non-hydrogen) atoms. The van der Waals surface area contributed by atoms with Crippen molar-refractivity contribution in [2.75, 3.05) is 6.61 Å². The van der Waals surface area contributed by atoms with E-state index >= 15 is 0 Å². The molecule has 2 aromatic rings. The number of ether oxygens (including phenoxy) is 1. The zero-order valence-electron chi connectivity index (χ0n) is 19.3. The Morgan fingerprint density at radius 1 is 0.781 bits per heavy atom. The SMILES string of the molecule is CCc1ccc(C2CCC(COc3ccc(C4CCC(C)CC4)c(F)c3F)CC2)c(F)c1. The smallest absolute Gasteiger partial charge is 0.200 e. The normalized spacial score (nSPS) is 26.2. The van der Waals surface area contributed by atoms with Crippen molar-refractivity contribution in [2.24, 2.45) is 11.8 Å². The van der Waals surface area contributed by atoms with Crippen molar-refractivity contribution < 1.29 is 17.9 Å². The predicted octanol–water partition coefficient (Wildman–Crippen LogP) is 8.31. The Balaban J connectivity index is 1.31. The first-order chi connectivity index (χ1) is 15.5. The van der Waals surface area contributed by atoms with E-state index in [0.29, 0.717) is 18.1 Å². The zero-order valence-corrected chi connectivity index (χ0v) is 19.3. The minimum absolute atomic E-state index is 0.0127. The number of benzene rings is 2. The van der Waals surface area contributed by atoms with Crippen LogP contribution in [0.5, 0.6) is 5.75 Å². The number of hydrogen-bond acceptors (Lipinski definition) is 1. The fourth-order valence-electron chi connectivity index (χ4n) is 5.51. The highest BCUT2D eigenvalue weighted by atomic mass is 19.2. The first-order valence-electron chi connectivity index (χ1n) is 12.3. The maximum Gasteiger partial charge on any atom is 0.200 e. The average Bonchev–Trinajstić information content (AvgIpc) is 2.81. The molecule has 0 N–H and O–H groups in total. The molecule has 4 heteroatoms. The molecule has 2 aromatic carbocycles. The van der Waals surface area contributed by atoms with Crippen LogP contribution in [0.1, 0.15) is 93.7 Å². The second-order valence-corrected chi connectivity index (χ2v) is 9.98. The van der Waals surface area contributed by atoms with Crippen molar-refractivity contribution in [2.45, 2.75) is 83.5 Å². The van der Waals surface area contributed by atoms with Gasteiger partial charge in [0.05, 0.1) is 6.61 Å². The van der Waals surface area contributed by atoms with Gasteiger partial charge in [-0.15, -0.1) is 0 Å². The Morgan fingerprint density at radius 3 is 2.06 bits per heavy atom. The van der Waals surface area contributed by atoms with Crippen LogP contribution in [0.25, 0.3) is 0 Å². The van der Waals surface area contributed by atoms with Crippen LogP contribution in [0.4, 0.5) is 13.2 Å². The Morgan fingerprint density at radius 2 is 1.41 bits per heavy atom. The molecule has 0 atom stereocenters. The maximum absolute atomic E-state index is 14.7. The summed E-state index contributed by atoms with van der Waals surface area (Å²) in [6.07, 6.45) is 8.41. The molecule has 1 nitrogen and oxygen atoms in total. The van der Waals surface area contributed by atoms with Crippen molar-refractivity contribution >= 4 is 0 Å². The van der Waals surface area contributed by atoms with Crippen LogP contribution in [0, 0.1) is 29.3 Å². The standard InChI is InChI=1S/C28H35F3O/c1-3-19-8-13-23(25(29)16-19)21-11-6-20(7-12-21)17-32-26-15-14-24(27(30)28(26)31)22-9-4-18(2)5-10-22/h8,13-16,18,20-22H,3-7,9-12,17H2,1-2H3. The van der Waals surface area contributed by atoms with Crippen LogP contribution in [-0.4, -0.2) is 6.61 Å². The van der Waals surface area contributed by atoms with Gasteiger partial charge in [-0.25, -0.2) is 8.78 Å². The lowest BCUT2D eigenvalue weighted by atomic mass is 9.78. The van der Waals surface area contributed by atoms with Crippen LogP contribution in [0.15, 0.2) is 30.3 Å². The summed E-state index contributed by atoms with van der Waals surface area (Å²) in [6.45, 7) is 4.62. The van der Waals surface area contributed by atoms with E-state index in [2.05, 4.69) is 6.92 Å². The second kappa shape index (κ2) is 10.3. The largest absolute Gasteiger partial charge is 0.490 e. The monoisotopic (exact) mass is 444 g/mol. The fraction of sp³-hybridized carbons (Fsp3) is 0.571. The van der Waals surface area contributed by atoms with Crippen LogP contribution in [0.2, 0.25) is 0 Å². The molecule has 0 bridgehead atoms. The summed E-state index contributed by atoms with van der Waals surface area (Å²) < 4.78 is 49.6. The van der Waals surface area contributed by atoms with Crippen LogP contribution < -0.4 is 4.74 Å². The van der Waals surface area contributed by atoms with Gasteiger partial charge in [0, 0.05) is 0 Å². The lowest BCUT2D eigenvalue weighted by Gasteiger charge is -2.29. The third-order valence-electron chi connectivity index (χ3n) is 7.77. The molecule has 2 aliphatic rings. The molecular formula is C28H35F3O. The Hall–Kier alpha value is -1.97. The van der Waals surface area contributed by atoms with Crippen molar-refractivity contribution in [1.29, 1.82) is 0 Å². The van der Waals surface area contributed by atoms with E-state index in [1.54, 1.807) is 18.2 Å². The molecule has 0 unspecified atom stereocenters. The number of halogens is 3. The van der Waals surface area contributed by atoms with Gasteiger partial charge in [0.1, 0.15) is 5.82 Å². The average molecular weight is 445 g/mol. The Bertz CT molecular complexity index is 909. The van der Waals surface area contributed by atoms with E-state index in [1.165, 1.54) is 0 Å². The van der Waals surface area contributed by atoms with Crippen LogP contribution in [0.3, 0.4) is 0 Å². The minimum atomic E-state index is -0.854. The van der Waals surface area contributed by atoms with E-state index < -0.39 is 11.6 Å². The predicted molar refractivity (Wildman–Crippen MR) is 123 cm³/mol. The second-order valence-electron chi connectivity index (χ2n) is 9.98. The molecule has 0 heterocycles. The van der Waals surface area contributed by atoms with E-state index in [9.17, 15) is 13.2 Å². The highest BCUT2D eigenvalue weighted by Crippen LogP contribution is 2.40. The molecule has 2 fully saturated rings. The van der Waals surface area contributed by atoms with Crippen LogP contribution >= 0.6 is 0 Å². The molecule has 0 aliphatic heterocycles. The lowest BCUT2D eigenvalue weighted by molar-refractivity contribution is 0.191. The molecule has 0 radical (unpaired) electrons. The third kappa shape index (κ3) is 5.15.